The number of hydrogen-bond acceptors (Lipinski definition) is 5. The number of methoxy groups -OCH3 is 1. The van der Waals surface area contributed by atoms with E-state index < -0.39 is 0 Å². The summed E-state index contributed by atoms with van der Waals surface area (Å²) in [5.41, 5.74) is 3.25. The van der Waals surface area contributed by atoms with Gasteiger partial charge in [-0.3, -0.25) is 9.69 Å². The lowest BCUT2D eigenvalue weighted by Gasteiger charge is -2.32. The number of nitrogens with one attached hydrogen (secondary N) is 1. The first-order chi connectivity index (χ1) is 15.6. The highest BCUT2D eigenvalue weighted by atomic mass is 32.1. The zero-order valence-corrected chi connectivity index (χ0v) is 19.7. The highest BCUT2D eigenvalue weighted by Gasteiger charge is 2.20. The summed E-state index contributed by atoms with van der Waals surface area (Å²) in [5.74, 6) is 1.42. The van der Waals surface area contributed by atoms with Gasteiger partial charge in [-0.2, -0.15) is 0 Å². The third-order valence-corrected chi connectivity index (χ3v) is 7.12. The number of rotatable bonds is 8. The topological polar surface area (TPSA) is 54.5 Å². The summed E-state index contributed by atoms with van der Waals surface area (Å²) in [6.45, 7) is 6.01. The molecule has 1 N–H and O–H groups in total. The van der Waals surface area contributed by atoms with Gasteiger partial charge in [0.05, 0.1) is 12.8 Å². The fourth-order valence-electron chi connectivity index (χ4n) is 4.25. The molecule has 1 amide bonds. The minimum Gasteiger partial charge on any atom is -0.497 e. The number of nitrogens with zero attached hydrogens (tertiary/aromatic N) is 2. The van der Waals surface area contributed by atoms with Crippen LogP contribution in [0.15, 0.2) is 54.6 Å². The highest BCUT2D eigenvalue weighted by molar-refractivity contribution is 7.14. The van der Waals surface area contributed by atoms with E-state index in [1.165, 1.54) is 29.7 Å². The van der Waals surface area contributed by atoms with Crippen LogP contribution in [-0.2, 0) is 6.54 Å². The van der Waals surface area contributed by atoms with Gasteiger partial charge in [-0.15, -0.1) is 11.3 Å². The molecule has 0 unspecified atom stereocenters. The van der Waals surface area contributed by atoms with Crippen LogP contribution in [0.4, 0.5) is 0 Å². The van der Waals surface area contributed by atoms with E-state index >= 15 is 0 Å². The Morgan fingerprint density at radius 2 is 1.84 bits per heavy atom. The van der Waals surface area contributed by atoms with E-state index in [0.717, 1.165) is 47.9 Å². The number of piperidine rings is 1. The molecular formula is C26H31N3O2S. The molecule has 0 aliphatic carbocycles. The quantitative estimate of drug-likeness (QED) is 0.516. The molecule has 6 heteroatoms. The normalized spacial score (nSPS) is 14.9. The summed E-state index contributed by atoms with van der Waals surface area (Å²) in [7, 11) is 1.65. The molecule has 4 rings (SSSR count). The Bertz CT molecular complexity index is 1010. The van der Waals surface area contributed by atoms with Crippen molar-refractivity contribution in [3.63, 3.8) is 0 Å². The minimum absolute atomic E-state index is 0.0700. The molecular weight excluding hydrogens is 418 g/mol. The Balaban J connectivity index is 1.22. The van der Waals surface area contributed by atoms with Gasteiger partial charge in [0.25, 0.3) is 5.91 Å². The van der Waals surface area contributed by atoms with Crippen LogP contribution in [-0.4, -0.2) is 42.5 Å². The zero-order chi connectivity index (χ0) is 22.3. The largest absolute Gasteiger partial charge is 0.497 e. The van der Waals surface area contributed by atoms with E-state index in [2.05, 4.69) is 45.5 Å². The maximum Gasteiger partial charge on any atom is 0.280 e. The summed E-state index contributed by atoms with van der Waals surface area (Å²) in [6.07, 6.45) is 3.42. The highest BCUT2D eigenvalue weighted by Crippen LogP contribution is 2.29. The molecule has 0 atom stereocenters. The predicted octanol–water partition coefficient (Wildman–Crippen LogP) is 5.16. The van der Waals surface area contributed by atoms with Crippen molar-refractivity contribution in [1.29, 1.82) is 0 Å². The Kier molecular flexibility index (Phi) is 7.55. The van der Waals surface area contributed by atoms with Crippen molar-refractivity contribution in [2.45, 2.75) is 32.7 Å². The monoisotopic (exact) mass is 449 g/mol. The van der Waals surface area contributed by atoms with Crippen LogP contribution in [0.3, 0.4) is 0 Å². The number of carbonyl (C=O) groups is 1. The van der Waals surface area contributed by atoms with Crippen LogP contribution in [0.25, 0.3) is 11.3 Å². The van der Waals surface area contributed by atoms with Crippen molar-refractivity contribution in [1.82, 2.24) is 15.2 Å². The van der Waals surface area contributed by atoms with Gasteiger partial charge in [0.15, 0.2) is 5.01 Å². The van der Waals surface area contributed by atoms with Crippen molar-refractivity contribution in [2.75, 3.05) is 26.7 Å². The molecule has 1 saturated heterocycles. The molecule has 0 saturated carbocycles. The van der Waals surface area contributed by atoms with Crippen LogP contribution >= 0.6 is 11.3 Å². The van der Waals surface area contributed by atoms with Crippen LogP contribution < -0.4 is 10.1 Å². The fourth-order valence-corrected chi connectivity index (χ4v) is 5.10. The van der Waals surface area contributed by atoms with E-state index in [1.54, 1.807) is 7.11 Å². The minimum atomic E-state index is -0.0700. The summed E-state index contributed by atoms with van der Waals surface area (Å²) < 4.78 is 5.22. The van der Waals surface area contributed by atoms with Crippen LogP contribution in [0.1, 0.15) is 39.5 Å². The van der Waals surface area contributed by atoms with E-state index in [9.17, 15) is 4.79 Å². The second-order valence-electron chi connectivity index (χ2n) is 8.40. The van der Waals surface area contributed by atoms with E-state index in [4.69, 9.17) is 4.74 Å². The van der Waals surface area contributed by atoms with Gasteiger partial charge in [-0.05, 0) is 75.0 Å². The Morgan fingerprint density at radius 3 is 2.53 bits per heavy atom. The van der Waals surface area contributed by atoms with Crippen molar-refractivity contribution in [3.05, 3.63) is 70.0 Å². The van der Waals surface area contributed by atoms with Crippen molar-refractivity contribution in [2.24, 2.45) is 5.92 Å². The smallest absolute Gasteiger partial charge is 0.280 e. The summed E-state index contributed by atoms with van der Waals surface area (Å²) in [5, 5.41) is 3.62. The number of thiazole rings is 1. The molecule has 32 heavy (non-hydrogen) atoms. The number of aromatic nitrogens is 1. The molecule has 0 bridgehead atoms. The van der Waals surface area contributed by atoms with Gasteiger partial charge in [-0.25, -0.2) is 4.98 Å². The van der Waals surface area contributed by atoms with Crippen LogP contribution in [0.5, 0.6) is 5.75 Å². The van der Waals surface area contributed by atoms with E-state index in [0.29, 0.717) is 17.5 Å². The van der Waals surface area contributed by atoms with Crippen molar-refractivity contribution < 1.29 is 9.53 Å². The lowest BCUT2D eigenvalue weighted by atomic mass is 9.93. The predicted molar refractivity (Wildman–Crippen MR) is 130 cm³/mol. The van der Waals surface area contributed by atoms with Crippen molar-refractivity contribution >= 4 is 17.2 Å². The Morgan fingerprint density at radius 1 is 1.12 bits per heavy atom. The Labute approximate surface area is 194 Å². The standard InChI is InChI=1S/C26H31N3O2S/c1-19-24(22-8-10-23(31-2)11-9-22)28-26(32-19)25(30)27-15-12-20-13-16-29(17-14-20)18-21-6-4-3-5-7-21/h3-11,20H,12-18H2,1-2H3,(H,27,30). The number of aryl methyl sites for hydroxylation is 1. The SMILES string of the molecule is COc1ccc(-c2nc(C(=O)NCCC3CCN(Cc4ccccc4)CC3)sc2C)cc1. The molecule has 1 aliphatic heterocycles. The second kappa shape index (κ2) is 10.7. The second-order valence-corrected chi connectivity index (χ2v) is 9.61. The number of carbonyl (C=O) groups excluding carboxylic acids is 1. The molecule has 1 aliphatic rings. The number of hydrogen-bond donors (Lipinski definition) is 1. The number of amides is 1. The molecule has 168 valence electrons. The fraction of sp³-hybridized carbons (Fsp3) is 0.385. The van der Waals surface area contributed by atoms with Gasteiger partial charge in [0, 0.05) is 23.5 Å². The first-order valence-corrected chi connectivity index (χ1v) is 12.1. The van der Waals surface area contributed by atoms with E-state index in [-0.39, 0.29) is 5.91 Å². The summed E-state index contributed by atoms with van der Waals surface area (Å²) in [4.78, 5) is 20.8. The third kappa shape index (κ3) is 5.75. The van der Waals surface area contributed by atoms with Crippen molar-refractivity contribution in [3.8, 4) is 17.0 Å². The first kappa shape index (κ1) is 22.5. The molecule has 5 nitrogen and oxygen atoms in total. The third-order valence-electron chi connectivity index (χ3n) is 6.15. The maximum atomic E-state index is 12.6. The number of benzene rings is 2. The summed E-state index contributed by atoms with van der Waals surface area (Å²) >= 11 is 1.45. The Hall–Kier alpha value is -2.70. The van der Waals surface area contributed by atoms with Crippen LogP contribution in [0.2, 0.25) is 0 Å². The molecule has 3 aromatic rings. The molecule has 2 aromatic carbocycles. The average Bonchev–Trinajstić information content (AvgIpc) is 3.22. The maximum absolute atomic E-state index is 12.6. The van der Waals surface area contributed by atoms with Gasteiger partial charge < -0.3 is 10.1 Å². The zero-order valence-electron chi connectivity index (χ0n) is 18.8. The average molecular weight is 450 g/mol. The van der Waals surface area contributed by atoms with Crippen LogP contribution in [0, 0.1) is 12.8 Å². The number of likely N-dealkylation sites (tertiary alicyclic amines) is 1. The lowest BCUT2D eigenvalue weighted by molar-refractivity contribution is 0.0947. The molecule has 1 fully saturated rings. The molecule has 0 radical (unpaired) electrons. The van der Waals surface area contributed by atoms with Gasteiger partial charge in [-0.1, -0.05) is 30.3 Å². The lowest BCUT2D eigenvalue weighted by Crippen LogP contribution is -2.34. The molecule has 0 spiro atoms. The van der Waals surface area contributed by atoms with Gasteiger partial charge in [0.2, 0.25) is 0 Å². The van der Waals surface area contributed by atoms with Gasteiger partial charge >= 0.3 is 0 Å². The first-order valence-electron chi connectivity index (χ1n) is 11.3. The molecule has 2 heterocycles. The van der Waals surface area contributed by atoms with E-state index in [1.807, 2.05) is 31.2 Å². The number of ether oxygens (including phenoxy) is 1. The van der Waals surface area contributed by atoms with Gasteiger partial charge in [0.1, 0.15) is 5.75 Å². The molecule has 1 aromatic heterocycles. The summed E-state index contributed by atoms with van der Waals surface area (Å²) in [6, 6.07) is 18.5.